The molecule has 1 aromatic carbocycles. The maximum Gasteiger partial charge on any atom is 0.337 e. The lowest BCUT2D eigenvalue weighted by Gasteiger charge is -2.01. The highest BCUT2D eigenvalue weighted by molar-refractivity contribution is 5.89. The van der Waals surface area contributed by atoms with Crippen LogP contribution in [-0.4, -0.2) is 19.6 Å². The van der Waals surface area contributed by atoms with Crippen LogP contribution in [-0.2, 0) is 11.3 Å². The first-order chi connectivity index (χ1) is 9.74. The molecule has 0 atom stereocenters. The molecule has 0 aliphatic rings. The third-order valence-electron chi connectivity index (χ3n) is 2.76. The molecule has 1 N–H and O–H groups in total. The zero-order chi connectivity index (χ0) is 14.4. The molecule has 0 aliphatic carbocycles. The van der Waals surface area contributed by atoms with E-state index in [0.29, 0.717) is 12.1 Å². The molecular formula is C15H15ClN2O3. The molecular weight excluding hydrogens is 292 g/mol. The van der Waals surface area contributed by atoms with E-state index < -0.39 is 0 Å². The minimum Gasteiger partial charge on any atom is -0.465 e. The topological polar surface area (TPSA) is 75.3 Å². The van der Waals surface area contributed by atoms with E-state index in [9.17, 15) is 4.79 Å². The van der Waals surface area contributed by atoms with Gasteiger partial charge in [0.15, 0.2) is 0 Å². The number of methoxy groups -OCH3 is 1. The molecule has 0 bridgehead atoms. The van der Waals surface area contributed by atoms with E-state index >= 15 is 0 Å². The summed E-state index contributed by atoms with van der Waals surface area (Å²) in [6.07, 6.45) is 0. The predicted molar refractivity (Wildman–Crippen MR) is 80.1 cm³/mol. The third-order valence-corrected chi connectivity index (χ3v) is 2.76. The third kappa shape index (κ3) is 4.35. The number of carbonyl (C=O) groups excluding carboxylic acids is 1. The second-order valence-corrected chi connectivity index (χ2v) is 4.10. The Bertz CT molecular complexity index is 629. The zero-order valence-electron chi connectivity index (χ0n) is 11.5. The Balaban J connectivity index is 0.00000220. The molecule has 0 saturated heterocycles. The molecule has 1 heterocycles. The van der Waals surface area contributed by atoms with Gasteiger partial charge < -0.3 is 9.15 Å². The first-order valence-corrected chi connectivity index (χ1v) is 6.09. The number of nitriles is 1. The fourth-order valence-corrected chi connectivity index (χ4v) is 1.76. The van der Waals surface area contributed by atoms with Crippen LogP contribution in [0, 0.1) is 11.3 Å². The number of hydrogen-bond acceptors (Lipinski definition) is 5. The maximum atomic E-state index is 11.3. The van der Waals surface area contributed by atoms with Crippen LogP contribution in [0.5, 0.6) is 0 Å². The summed E-state index contributed by atoms with van der Waals surface area (Å²) in [5.41, 5.74) is 1.38. The number of halogens is 1. The molecule has 21 heavy (non-hydrogen) atoms. The summed E-state index contributed by atoms with van der Waals surface area (Å²) >= 11 is 0. The molecule has 0 amide bonds. The molecule has 1 aromatic heterocycles. The number of esters is 1. The highest BCUT2D eigenvalue weighted by Crippen LogP contribution is 2.22. The van der Waals surface area contributed by atoms with Gasteiger partial charge in [0, 0.05) is 5.56 Å². The molecule has 2 rings (SSSR count). The van der Waals surface area contributed by atoms with Crippen molar-refractivity contribution in [3.63, 3.8) is 0 Å². The SMILES string of the molecule is COC(=O)c1ccc(-c2ccc(CNCC#N)o2)cc1.Cl. The summed E-state index contributed by atoms with van der Waals surface area (Å²) in [7, 11) is 1.35. The smallest absolute Gasteiger partial charge is 0.337 e. The summed E-state index contributed by atoms with van der Waals surface area (Å²) in [4.78, 5) is 11.3. The Morgan fingerprint density at radius 2 is 2.00 bits per heavy atom. The van der Waals surface area contributed by atoms with Gasteiger partial charge in [0.05, 0.1) is 31.8 Å². The number of nitrogens with zero attached hydrogens (tertiary/aromatic N) is 1. The highest BCUT2D eigenvalue weighted by Gasteiger charge is 2.08. The van der Waals surface area contributed by atoms with E-state index in [1.165, 1.54) is 7.11 Å². The van der Waals surface area contributed by atoms with Crippen molar-refractivity contribution >= 4 is 18.4 Å². The monoisotopic (exact) mass is 306 g/mol. The van der Waals surface area contributed by atoms with Crippen LogP contribution in [0.15, 0.2) is 40.8 Å². The van der Waals surface area contributed by atoms with Crippen molar-refractivity contribution in [1.29, 1.82) is 5.26 Å². The van der Waals surface area contributed by atoms with Crippen molar-refractivity contribution in [3.8, 4) is 17.4 Å². The van der Waals surface area contributed by atoms with Crippen molar-refractivity contribution in [2.45, 2.75) is 6.54 Å². The second-order valence-electron chi connectivity index (χ2n) is 4.10. The summed E-state index contributed by atoms with van der Waals surface area (Å²) in [5.74, 6) is 1.11. The number of carbonyl (C=O) groups is 1. The van der Waals surface area contributed by atoms with Gasteiger partial charge in [0.2, 0.25) is 0 Å². The number of hydrogen-bond donors (Lipinski definition) is 1. The van der Waals surface area contributed by atoms with E-state index in [0.717, 1.165) is 17.1 Å². The van der Waals surface area contributed by atoms with Crippen molar-refractivity contribution in [2.75, 3.05) is 13.7 Å². The standard InChI is InChI=1S/C15H14N2O3.ClH/c1-19-15(18)12-4-2-11(3-5-12)14-7-6-13(20-14)10-17-9-8-16;/h2-7,17H,9-10H2,1H3;1H. The summed E-state index contributed by atoms with van der Waals surface area (Å²) in [6.45, 7) is 0.789. The van der Waals surface area contributed by atoms with Gasteiger partial charge in [-0.2, -0.15) is 5.26 Å². The molecule has 6 heteroatoms. The van der Waals surface area contributed by atoms with Crippen molar-refractivity contribution in [3.05, 3.63) is 47.7 Å². The van der Waals surface area contributed by atoms with E-state index in [-0.39, 0.29) is 24.9 Å². The minimum atomic E-state index is -0.364. The maximum absolute atomic E-state index is 11.3. The van der Waals surface area contributed by atoms with Crippen molar-refractivity contribution in [2.24, 2.45) is 0 Å². The molecule has 0 fully saturated rings. The van der Waals surface area contributed by atoms with Crippen LogP contribution in [0.1, 0.15) is 16.1 Å². The van der Waals surface area contributed by atoms with E-state index in [1.807, 2.05) is 18.2 Å². The van der Waals surface area contributed by atoms with E-state index in [4.69, 9.17) is 9.68 Å². The molecule has 0 aliphatic heterocycles. The number of ether oxygens (including phenoxy) is 1. The van der Waals surface area contributed by atoms with Crippen LogP contribution in [0.2, 0.25) is 0 Å². The summed E-state index contributed by atoms with van der Waals surface area (Å²) in [6, 6.07) is 12.7. The zero-order valence-corrected chi connectivity index (χ0v) is 12.3. The molecule has 110 valence electrons. The lowest BCUT2D eigenvalue weighted by molar-refractivity contribution is 0.0601. The Labute approximate surface area is 128 Å². The van der Waals surface area contributed by atoms with Gasteiger partial charge in [-0.05, 0) is 24.3 Å². The first-order valence-electron chi connectivity index (χ1n) is 6.09. The quantitative estimate of drug-likeness (QED) is 0.522. The molecule has 0 radical (unpaired) electrons. The van der Waals surface area contributed by atoms with Gasteiger partial charge in [-0.15, -0.1) is 12.4 Å². The van der Waals surface area contributed by atoms with Crippen LogP contribution in [0.4, 0.5) is 0 Å². The Kier molecular flexibility index (Phi) is 6.47. The largest absolute Gasteiger partial charge is 0.465 e. The minimum absolute atomic E-state index is 0. The fraction of sp³-hybridized carbons (Fsp3) is 0.200. The van der Waals surface area contributed by atoms with Crippen molar-refractivity contribution in [1.82, 2.24) is 5.32 Å². The lowest BCUT2D eigenvalue weighted by Crippen LogP contribution is -2.12. The van der Waals surface area contributed by atoms with Crippen LogP contribution >= 0.6 is 12.4 Å². The molecule has 2 aromatic rings. The van der Waals surface area contributed by atoms with Gasteiger partial charge in [-0.1, -0.05) is 12.1 Å². The number of nitrogens with one attached hydrogen (secondary N) is 1. The van der Waals surface area contributed by atoms with Gasteiger partial charge in [-0.25, -0.2) is 4.79 Å². The summed E-state index contributed by atoms with van der Waals surface area (Å²) < 4.78 is 10.3. The average Bonchev–Trinajstić information content (AvgIpc) is 2.96. The molecule has 5 nitrogen and oxygen atoms in total. The van der Waals surface area contributed by atoms with Crippen LogP contribution in [0.25, 0.3) is 11.3 Å². The second kappa shape index (κ2) is 8.10. The van der Waals surface area contributed by atoms with Crippen molar-refractivity contribution < 1.29 is 13.9 Å². The van der Waals surface area contributed by atoms with Gasteiger partial charge in [-0.3, -0.25) is 5.32 Å². The Hall–Kier alpha value is -2.29. The number of furan rings is 1. The van der Waals surface area contributed by atoms with E-state index in [2.05, 4.69) is 10.1 Å². The summed E-state index contributed by atoms with van der Waals surface area (Å²) in [5, 5.41) is 11.4. The van der Waals surface area contributed by atoms with Crippen LogP contribution in [0.3, 0.4) is 0 Å². The fourth-order valence-electron chi connectivity index (χ4n) is 1.76. The Morgan fingerprint density at radius 1 is 1.29 bits per heavy atom. The van der Waals surface area contributed by atoms with Gasteiger partial charge in [0.1, 0.15) is 11.5 Å². The molecule has 0 spiro atoms. The predicted octanol–water partition coefficient (Wildman–Crippen LogP) is 2.77. The number of benzene rings is 1. The lowest BCUT2D eigenvalue weighted by atomic mass is 10.1. The first kappa shape index (κ1) is 16.8. The molecule has 0 saturated carbocycles. The average molecular weight is 307 g/mol. The van der Waals surface area contributed by atoms with Gasteiger partial charge >= 0.3 is 5.97 Å². The number of rotatable bonds is 5. The van der Waals surface area contributed by atoms with Gasteiger partial charge in [0.25, 0.3) is 0 Å². The highest BCUT2D eigenvalue weighted by atomic mass is 35.5. The normalized spacial score (nSPS) is 9.52. The van der Waals surface area contributed by atoms with E-state index in [1.54, 1.807) is 24.3 Å². The Morgan fingerprint density at radius 3 is 2.62 bits per heavy atom. The molecule has 0 unspecified atom stereocenters. The van der Waals surface area contributed by atoms with Crippen LogP contribution < -0.4 is 5.32 Å².